The van der Waals surface area contributed by atoms with Gasteiger partial charge in [-0.15, -0.1) is 0 Å². The Morgan fingerprint density at radius 2 is 2.00 bits per heavy atom. The Kier molecular flexibility index (Phi) is 4.97. The number of halogens is 1. The third-order valence-corrected chi connectivity index (χ3v) is 5.85. The van der Waals surface area contributed by atoms with Crippen molar-refractivity contribution in [3.8, 4) is 0 Å². The summed E-state index contributed by atoms with van der Waals surface area (Å²) < 4.78 is 1.73. The summed E-state index contributed by atoms with van der Waals surface area (Å²) in [6.45, 7) is 4.96. The van der Waals surface area contributed by atoms with Gasteiger partial charge in [-0.2, -0.15) is 5.10 Å². The van der Waals surface area contributed by atoms with E-state index in [2.05, 4.69) is 15.3 Å². The average Bonchev–Trinajstić information content (AvgIpc) is 3.21. The number of likely N-dealkylation sites (tertiary alicyclic amines) is 1. The van der Waals surface area contributed by atoms with E-state index in [9.17, 15) is 4.79 Å². The van der Waals surface area contributed by atoms with Gasteiger partial charge in [0.15, 0.2) is 0 Å². The average molecular weight is 339 g/mol. The monoisotopic (exact) mass is 338 g/mol. The predicted molar refractivity (Wildman–Crippen MR) is 91.5 cm³/mol. The highest BCUT2D eigenvalue weighted by atomic mass is 35.5. The van der Waals surface area contributed by atoms with Crippen LogP contribution in [0.2, 0.25) is 5.15 Å². The predicted octanol–water partition coefficient (Wildman–Crippen LogP) is 2.97. The van der Waals surface area contributed by atoms with Gasteiger partial charge in [-0.25, -0.2) is 0 Å². The molecule has 1 N–H and O–H groups in total. The van der Waals surface area contributed by atoms with Crippen LogP contribution in [-0.4, -0.2) is 39.2 Å². The first-order valence-corrected chi connectivity index (χ1v) is 9.12. The summed E-state index contributed by atoms with van der Waals surface area (Å²) in [5, 5.41) is 8.36. The molecular weight excluding hydrogens is 312 g/mol. The molecule has 2 fully saturated rings. The third-order valence-electron chi connectivity index (χ3n) is 5.40. The molecule has 5 nitrogen and oxygen atoms in total. The number of carbonyl (C=O) groups excluding carboxylic acids is 1. The molecule has 1 aromatic heterocycles. The van der Waals surface area contributed by atoms with Crippen molar-refractivity contribution in [3.05, 3.63) is 16.4 Å². The van der Waals surface area contributed by atoms with Crippen LogP contribution in [0.1, 0.15) is 62.7 Å². The van der Waals surface area contributed by atoms with Gasteiger partial charge in [0.2, 0.25) is 5.91 Å². The van der Waals surface area contributed by atoms with E-state index in [1.54, 1.807) is 4.68 Å². The molecule has 128 valence electrons. The Hall–Kier alpha value is -1.07. The fourth-order valence-corrected chi connectivity index (χ4v) is 4.43. The molecule has 1 saturated carbocycles. The van der Waals surface area contributed by atoms with Crippen LogP contribution in [0.3, 0.4) is 0 Å². The van der Waals surface area contributed by atoms with E-state index in [-0.39, 0.29) is 18.0 Å². The van der Waals surface area contributed by atoms with Crippen molar-refractivity contribution in [2.75, 3.05) is 6.54 Å². The molecule has 2 aliphatic rings. The highest BCUT2D eigenvalue weighted by molar-refractivity contribution is 6.30. The highest BCUT2D eigenvalue weighted by Gasteiger charge is 2.36. The molecule has 0 aromatic carbocycles. The van der Waals surface area contributed by atoms with Gasteiger partial charge in [-0.05, 0) is 46.1 Å². The van der Waals surface area contributed by atoms with Gasteiger partial charge < -0.3 is 5.32 Å². The molecule has 3 rings (SSSR count). The molecule has 1 aliphatic carbocycles. The fraction of sp³-hybridized carbons (Fsp3) is 0.765. The van der Waals surface area contributed by atoms with Crippen LogP contribution in [0.5, 0.6) is 0 Å². The smallest absolute Gasteiger partial charge is 0.237 e. The molecule has 1 aromatic rings. The van der Waals surface area contributed by atoms with Crippen molar-refractivity contribution >= 4 is 17.5 Å². The molecule has 0 unspecified atom stereocenters. The standard InChI is InChI=1S/C17H27ClN4O/c1-11-15(16(18)21(3)20-11)14-9-6-10-22(14)12(2)17(23)19-13-7-4-5-8-13/h12-14H,4-10H2,1-3H3,(H,19,23)/t12-,14-/m1/s1. The van der Waals surface area contributed by atoms with Crippen molar-refractivity contribution in [1.82, 2.24) is 20.0 Å². The lowest BCUT2D eigenvalue weighted by Gasteiger charge is -2.30. The number of nitrogens with one attached hydrogen (secondary N) is 1. The van der Waals surface area contributed by atoms with Gasteiger partial charge in [0, 0.05) is 24.7 Å². The largest absolute Gasteiger partial charge is 0.352 e. The summed E-state index contributed by atoms with van der Waals surface area (Å²) in [5.74, 6) is 0.154. The zero-order valence-corrected chi connectivity index (χ0v) is 15.1. The Morgan fingerprint density at radius 1 is 1.30 bits per heavy atom. The molecule has 2 heterocycles. The molecule has 1 saturated heterocycles. The minimum atomic E-state index is -0.126. The van der Waals surface area contributed by atoms with Crippen molar-refractivity contribution in [3.63, 3.8) is 0 Å². The topological polar surface area (TPSA) is 50.2 Å². The van der Waals surface area contributed by atoms with E-state index in [4.69, 9.17) is 11.6 Å². The second kappa shape index (κ2) is 6.81. The first-order chi connectivity index (χ1) is 11.0. The van der Waals surface area contributed by atoms with Crippen molar-refractivity contribution in [2.24, 2.45) is 7.05 Å². The zero-order valence-electron chi connectivity index (χ0n) is 14.3. The van der Waals surface area contributed by atoms with Crippen LogP contribution in [0.4, 0.5) is 0 Å². The first-order valence-electron chi connectivity index (χ1n) is 8.74. The third kappa shape index (κ3) is 3.26. The molecule has 23 heavy (non-hydrogen) atoms. The van der Waals surface area contributed by atoms with Crippen LogP contribution < -0.4 is 5.32 Å². The van der Waals surface area contributed by atoms with E-state index < -0.39 is 0 Å². The zero-order chi connectivity index (χ0) is 16.6. The Labute approximate surface area is 143 Å². The van der Waals surface area contributed by atoms with Gasteiger partial charge in [0.25, 0.3) is 0 Å². The molecule has 2 atom stereocenters. The van der Waals surface area contributed by atoms with Crippen molar-refractivity contribution < 1.29 is 4.79 Å². The van der Waals surface area contributed by atoms with E-state index in [1.807, 2.05) is 20.9 Å². The summed E-state index contributed by atoms with van der Waals surface area (Å²) >= 11 is 6.45. The lowest BCUT2D eigenvalue weighted by Crippen LogP contribution is -2.47. The Morgan fingerprint density at radius 3 is 2.61 bits per heavy atom. The molecule has 0 radical (unpaired) electrons. The number of aromatic nitrogens is 2. The van der Waals surface area contributed by atoms with Gasteiger partial charge in [0.1, 0.15) is 5.15 Å². The molecule has 1 amide bonds. The normalized spacial score (nSPS) is 24.3. The minimum Gasteiger partial charge on any atom is -0.352 e. The number of hydrogen-bond acceptors (Lipinski definition) is 3. The van der Waals surface area contributed by atoms with Crippen LogP contribution in [0.15, 0.2) is 0 Å². The summed E-state index contributed by atoms with van der Waals surface area (Å²) in [4.78, 5) is 14.9. The van der Waals surface area contributed by atoms with E-state index in [1.165, 1.54) is 12.8 Å². The summed E-state index contributed by atoms with van der Waals surface area (Å²) in [6.07, 6.45) is 6.83. The molecule has 0 bridgehead atoms. The summed E-state index contributed by atoms with van der Waals surface area (Å²) in [7, 11) is 1.87. The molecule has 0 spiro atoms. The van der Waals surface area contributed by atoms with Crippen molar-refractivity contribution in [2.45, 2.75) is 70.5 Å². The van der Waals surface area contributed by atoms with Crippen LogP contribution in [0.25, 0.3) is 0 Å². The number of carbonyl (C=O) groups is 1. The number of aryl methyl sites for hydroxylation is 2. The lowest BCUT2D eigenvalue weighted by molar-refractivity contribution is -0.127. The number of amides is 1. The van der Waals surface area contributed by atoms with E-state index in [0.717, 1.165) is 43.5 Å². The number of nitrogens with zero attached hydrogens (tertiary/aromatic N) is 3. The van der Waals surface area contributed by atoms with Crippen molar-refractivity contribution in [1.29, 1.82) is 0 Å². The fourth-order valence-electron chi connectivity index (χ4n) is 4.13. The van der Waals surface area contributed by atoms with E-state index in [0.29, 0.717) is 11.2 Å². The molecule has 6 heteroatoms. The number of hydrogen-bond donors (Lipinski definition) is 1. The second-order valence-electron chi connectivity index (χ2n) is 6.98. The van der Waals surface area contributed by atoms with E-state index >= 15 is 0 Å². The maximum Gasteiger partial charge on any atom is 0.237 e. The maximum absolute atomic E-state index is 12.6. The van der Waals surface area contributed by atoms with Gasteiger partial charge in [0.05, 0.1) is 11.7 Å². The SMILES string of the molecule is Cc1nn(C)c(Cl)c1[C@H]1CCCN1[C@H](C)C(=O)NC1CCCC1. The maximum atomic E-state index is 12.6. The second-order valence-corrected chi connectivity index (χ2v) is 7.33. The lowest BCUT2D eigenvalue weighted by atomic mass is 10.0. The quantitative estimate of drug-likeness (QED) is 0.918. The van der Waals surface area contributed by atoms with Gasteiger partial charge >= 0.3 is 0 Å². The summed E-state index contributed by atoms with van der Waals surface area (Å²) in [5.41, 5.74) is 2.06. The highest BCUT2D eigenvalue weighted by Crippen LogP contribution is 2.38. The summed E-state index contributed by atoms with van der Waals surface area (Å²) in [6, 6.07) is 0.439. The van der Waals surface area contributed by atoms with Gasteiger partial charge in [-0.3, -0.25) is 14.4 Å². The Balaban J connectivity index is 1.74. The Bertz CT molecular complexity index is 579. The van der Waals surface area contributed by atoms with Crippen LogP contribution in [-0.2, 0) is 11.8 Å². The first kappa shape index (κ1) is 16.8. The molecular formula is C17H27ClN4O. The van der Waals surface area contributed by atoms with Crippen LogP contribution >= 0.6 is 11.6 Å². The van der Waals surface area contributed by atoms with Crippen LogP contribution in [0, 0.1) is 6.92 Å². The minimum absolute atomic E-state index is 0.126. The molecule has 1 aliphatic heterocycles. The number of rotatable bonds is 4. The van der Waals surface area contributed by atoms with Gasteiger partial charge in [-0.1, -0.05) is 24.4 Å².